The second-order valence-corrected chi connectivity index (χ2v) is 8.46. The number of nitrogens with zero attached hydrogens (tertiary/aromatic N) is 2. The van der Waals surface area contributed by atoms with Crippen molar-refractivity contribution in [1.29, 1.82) is 0 Å². The van der Waals surface area contributed by atoms with Crippen LogP contribution >= 0.6 is 0 Å². The number of rotatable bonds is 4. The van der Waals surface area contributed by atoms with E-state index in [0.717, 1.165) is 25.9 Å². The number of hydrogen-bond donors (Lipinski definition) is 6. The van der Waals surface area contributed by atoms with Crippen LogP contribution in [0, 0.1) is 0 Å². The number of benzene rings is 1. The molecule has 0 spiro atoms. The Bertz CT molecular complexity index is 520. The Morgan fingerprint density at radius 2 is 1.50 bits per heavy atom. The summed E-state index contributed by atoms with van der Waals surface area (Å²) < 4.78 is 3.74. The Morgan fingerprint density at radius 1 is 1.00 bits per heavy atom. The Kier molecular flexibility index (Phi) is 9.58. The van der Waals surface area contributed by atoms with Crippen molar-refractivity contribution >= 4 is 23.0 Å². The molecule has 24 heavy (non-hydrogen) atoms. The highest BCUT2D eigenvalue weighted by atomic mass is 127. The SMILES string of the molecule is CN1C=CN(Cc2ccc([Si](O)(O)O)cc2)C1.CO[Si](O)(O)O.[I-]. The monoisotopic (exact) mass is 489 g/mol. The minimum Gasteiger partial charge on any atom is -1.00 e. The average Bonchev–Trinajstić information content (AvgIpc) is 2.84. The van der Waals surface area contributed by atoms with Crippen molar-refractivity contribution in [1.82, 2.24) is 9.80 Å². The lowest BCUT2D eigenvalue weighted by Crippen LogP contribution is -3.00. The van der Waals surface area contributed by atoms with Crippen molar-refractivity contribution in [3.63, 3.8) is 0 Å². The summed E-state index contributed by atoms with van der Waals surface area (Å²) in [6.07, 6.45) is 4.01. The van der Waals surface area contributed by atoms with Gasteiger partial charge in [-0.3, -0.25) is 0 Å². The van der Waals surface area contributed by atoms with Gasteiger partial charge in [-0.25, -0.2) is 0 Å². The van der Waals surface area contributed by atoms with Gasteiger partial charge in [0.05, 0.1) is 6.67 Å². The quantitative estimate of drug-likeness (QED) is 0.180. The molecular formula is C12H22IN2O7Si2-. The van der Waals surface area contributed by atoms with Crippen molar-refractivity contribution in [3.8, 4) is 0 Å². The van der Waals surface area contributed by atoms with E-state index >= 15 is 0 Å². The molecule has 0 atom stereocenters. The van der Waals surface area contributed by atoms with E-state index in [-0.39, 0.29) is 29.2 Å². The maximum atomic E-state index is 9.12. The summed E-state index contributed by atoms with van der Waals surface area (Å²) >= 11 is 0. The van der Waals surface area contributed by atoms with E-state index in [0.29, 0.717) is 0 Å². The maximum absolute atomic E-state index is 9.12. The van der Waals surface area contributed by atoms with Gasteiger partial charge in [0, 0.05) is 38.3 Å². The lowest BCUT2D eigenvalue weighted by Gasteiger charge is -2.18. The molecule has 12 heteroatoms. The van der Waals surface area contributed by atoms with Gasteiger partial charge < -0.3 is 67.0 Å². The Hall–Kier alpha value is -0.556. The zero-order valence-electron chi connectivity index (χ0n) is 13.2. The molecule has 0 saturated carbocycles. The Morgan fingerprint density at radius 3 is 1.83 bits per heavy atom. The smallest absolute Gasteiger partial charge is 0.671 e. The van der Waals surface area contributed by atoms with Crippen LogP contribution in [0.15, 0.2) is 36.7 Å². The van der Waals surface area contributed by atoms with Gasteiger partial charge in [-0.2, -0.15) is 0 Å². The molecule has 0 aliphatic carbocycles. The van der Waals surface area contributed by atoms with Crippen molar-refractivity contribution in [2.24, 2.45) is 0 Å². The average molecular weight is 489 g/mol. The molecule has 0 fully saturated rings. The van der Waals surface area contributed by atoms with Crippen molar-refractivity contribution in [2.75, 3.05) is 20.8 Å². The third kappa shape index (κ3) is 9.06. The van der Waals surface area contributed by atoms with Gasteiger partial charge in [-0.1, -0.05) is 24.3 Å². The van der Waals surface area contributed by atoms with Gasteiger partial charge in [0.15, 0.2) is 0 Å². The fourth-order valence-corrected chi connectivity index (χ4v) is 2.37. The van der Waals surface area contributed by atoms with E-state index < -0.39 is 17.9 Å². The molecule has 1 aliphatic heterocycles. The lowest BCUT2D eigenvalue weighted by molar-refractivity contribution is -0.0000312. The maximum Gasteiger partial charge on any atom is 0.671 e. The van der Waals surface area contributed by atoms with Crippen LogP contribution in [0.25, 0.3) is 0 Å². The van der Waals surface area contributed by atoms with Gasteiger partial charge in [0.1, 0.15) is 0 Å². The topological polar surface area (TPSA) is 137 Å². The third-order valence-corrected chi connectivity index (χ3v) is 4.59. The minimum atomic E-state index is -4.15. The molecule has 0 aromatic heterocycles. The van der Waals surface area contributed by atoms with Crippen molar-refractivity contribution in [3.05, 3.63) is 42.2 Å². The van der Waals surface area contributed by atoms with Crippen LogP contribution in [0.5, 0.6) is 0 Å². The fraction of sp³-hybridized carbons (Fsp3) is 0.333. The van der Waals surface area contributed by atoms with Gasteiger partial charge in [-0.05, 0) is 5.56 Å². The van der Waals surface area contributed by atoms with Gasteiger partial charge >= 0.3 is 17.9 Å². The first-order chi connectivity index (χ1) is 10.5. The van der Waals surface area contributed by atoms with E-state index in [1.54, 1.807) is 24.3 Å². The van der Waals surface area contributed by atoms with Gasteiger partial charge in [0.25, 0.3) is 0 Å². The fourth-order valence-electron chi connectivity index (χ4n) is 1.76. The molecule has 2 rings (SSSR count). The highest BCUT2D eigenvalue weighted by Crippen LogP contribution is 2.09. The molecule has 138 valence electrons. The van der Waals surface area contributed by atoms with E-state index in [9.17, 15) is 0 Å². The normalized spacial score (nSPS) is 14.2. The van der Waals surface area contributed by atoms with E-state index in [1.165, 1.54) is 0 Å². The molecule has 1 aliphatic rings. The first-order valence-corrected chi connectivity index (χ1v) is 10.2. The van der Waals surface area contributed by atoms with Crippen LogP contribution in [-0.2, 0) is 11.0 Å². The van der Waals surface area contributed by atoms with Crippen LogP contribution in [0.4, 0.5) is 0 Å². The zero-order valence-corrected chi connectivity index (χ0v) is 17.4. The summed E-state index contributed by atoms with van der Waals surface area (Å²) in [7, 11) is -5.26. The Labute approximate surface area is 159 Å². The molecule has 0 amide bonds. The summed E-state index contributed by atoms with van der Waals surface area (Å²) in [6, 6.07) is 6.72. The molecule has 6 N–H and O–H groups in total. The van der Waals surface area contributed by atoms with Crippen molar-refractivity contribution in [2.45, 2.75) is 6.54 Å². The summed E-state index contributed by atoms with van der Waals surface area (Å²) in [6.45, 7) is 1.61. The van der Waals surface area contributed by atoms with E-state index in [4.69, 9.17) is 28.8 Å². The van der Waals surface area contributed by atoms with E-state index in [1.807, 2.05) is 19.4 Å². The molecular weight excluding hydrogens is 467 g/mol. The zero-order chi connectivity index (χ0) is 17.7. The predicted molar refractivity (Wildman–Crippen MR) is 85.2 cm³/mol. The summed E-state index contributed by atoms with van der Waals surface area (Å²) in [5.74, 6) is 0. The van der Waals surface area contributed by atoms with E-state index in [2.05, 4.69) is 14.2 Å². The van der Waals surface area contributed by atoms with Crippen LogP contribution in [0.1, 0.15) is 5.56 Å². The minimum absolute atomic E-state index is 0. The first kappa shape index (κ1) is 23.4. The molecule has 0 unspecified atom stereocenters. The van der Waals surface area contributed by atoms with Gasteiger partial charge in [0.2, 0.25) is 0 Å². The van der Waals surface area contributed by atoms with Crippen LogP contribution in [0.2, 0.25) is 0 Å². The van der Waals surface area contributed by atoms with Crippen molar-refractivity contribution < 1.29 is 57.2 Å². The van der Waals surface area contributed by atoms with Crippen LogP contribution in [0.3, 0.4) is 0 Å². The third-order valence-electron chi connectivity index (χ3n) is 2.94. The Balaban J connectivity index is 0.000000655. The number of halogens is 1. The van der Waals surface area contributed by atoms with Crippen LogP contribution < -0.4 is 29.2 Å². The highest BCUT2D eigenvalue weighted by molar-refractivity contribution is 6.71. The molecule has 0 saturated heterocycles. The standard InChI is InChI=1S/C11H16N2O3Si.CH6O4Si.HI/c1-12-6-7-13(9-12)8-10-2-4-11(5-3-10)17(14,15)16;1-5-6(2,3)4;/h2-7,14-16H,8-9H2,1H3;2-4H,1H3;1H/p-1. The largest absolute Gasteiger partial charge is 1.00 e. The molecule has 0 bridgehead atoms. The van der Waals surface area contributed by atoms with Gasteiger partial charge in [-0.15, -0.1) is 0 Å². The summed E-state index contributed by atoms with van der Waals surface area (Å²) in [4.78, 5) is 55.1. The summed E-state index contributed by atoms with van der Waals surface area (Å²) in [5.41, 5.74) is 1.06. The molecule has 9 nitrogen and oxygen atoms in total. The molecule has 0 radical (unpaired) electrons. The summed E-state index contributed by atoms with van der Waals surface area (Å²) in [5, 5.41) is 0.204. The second kappa shape index (κ2) is 9.80. The molecule has 1 aromatic rings. The highest BCUT2D eigenvalue weighted by Gasteiger charge is 2.29. The second-order valence-electron chi connectivity index (χ2n) is 5.05. The number of hydrogen-bond acceptors (Lipinski definition) is 9. The van der Waals surface area contributed by atoms with Crippen LogP contribution in [-0.4, -0.2) is 77.3 Å². The molecule has 1 aromatic carbocycles. The predicted octanol–water partition coefficient (Wildman–Crippen LogP) is -5.97. The molecule has 1 heterocycles. The first-order valence-electron chi connectivity index (χ1n) is 6.62. The lowest BCUT2D eigenvalue weighted by atomic mass is 10.2.